The SMILES string of the molecule is C/C=C/CCc1cc(F)c(C#Cc2ccc(C#Cc3ccc4cc(F)c(F)cc4c3)cc2)c(F)c1. The van der Waals surface area contributed by atoms with E-state index >= 15 is 0 Å². The molecule has 0 N–H and O–H groups in total. The van der Waals surface area contributed by atoms with Crippen molar-refractivity contribution in [2.45, 2.75) is 19.8 Å². The van der Waals surface area contributed by atoms with Crippen molar-refractivity contribution in [3.8, 4) is 23.7 Å². The van der Waals surface area contributed by atoms with Gasteiger partial charge in [-0.05, 0) is 96.8 Å². The van der Waals surface area contributed by atoms with Crippen LogP contribution in [0.5, 0.6) is 0 Å². The Labute approximate surface area is 201 Å². The molecule has 0 saturated carbocycles. The fourth-order valence-corrected chi connectivity index (χ4v) is 3.54. The molecule has 4 aromatic rings. The number of allylic oxidation sites excluding steroid dienone is 2. The van der Waals surface area contributed by atoms with Crippen molar-refractivity contribution in [3.63, 3.8) is 0 Å². The molecule has 0 bridgehead atoms. The van der Waals surface area contributed by atoms with Crippen LogP contribution in [0.2, 0.25) is 0 Å². The standard InChI is InChI=1S/C31H20F4/c1-2-3-4-5-24-17-28(32)27(29(33)18-24)15-13-22-8-6-21(7-9-22)10-11-23-12-14-25-19-30(34)31(35)20-26(25)16-23/h2-3,6-9,12,14,16-20H,4-5H2,1H3/b3-2+. The third kappa shape index (κ3) is 5.99. The number of hydrogen-bond acceptors (Lipinski definition) is 0. The lowest BCUT2D eigenvalue weighted by Gasteiger charge is -2.03. The van der Waals surface area contributed by atoms with Crippen molar-refractivity contribution in [1.29, 1.82) is 0 Å². The van der Waals surface area contributed by atoms with Crippen LogP contribution in [0.25, 0.3) is 10.8 Å². The number of benzene rings is 4. The Bertz CT molecular complexity index is 1520. The van der Waals surface area contributed by atoms with Gasteiger partial charge in [0.2, 0.25) is 0 Å². The van der Waals surface area contributed by atoms with E-state index in [-0.39, 0.29) is 5.56 Å². The highest BCUT2D eigenvalue weighted by Crippen LogP contribution is 2.20. The second-order valence-electron chi connectivity index (χ2n) is 7.95. The zero-order chi connectivity index (χ0) is 24.8. The molecule has 4 heteroatoms. The van der Waals surface area contributed by atoms with E-state index in [0.29, 0.717) is 39.4 Å². The van der Waals surface area contributed by atoms with Gasteiger partial charge in [-0.3, -0.25) is 0 Å². The van der Waals surface area contributed by atoms with Crippen molar-refractivity contribution in [2.75, 3.05) is 0 Å². The molecule has 0 heterocycles. The maximum atomic E-state index is 14.4. The second-order valence-corrected chi connectivity index (χ2v) is 7.95. The highest BCUT2D eigenvalue weighted by Gasteiger charge is 2.09. The minimum atomic E-state index is -0.903. The zero-order valence-corrected chi connectivity index (χ0v) is 18.9. The second kappa shape index (κ2) is 10.8. The minimum Gasteiger partial charge on any atom is -0.206 e. The van der Waals surface area contributed by atoms with Crippen LogP contribution in [0, 0.1) is 47.0 Å². The van der Waals surface area contributed by atoms with Gasteiger partial charge in [-0.25, -0.2) is 17.6 Å². The molecule has 0 nitrogen and oxygen atoms in total. The molecule has 0 aliphatic carbocycles. The van der Waals surface area contributed by atoms with E-state index in [9.17, 15) is 17.6 Å². The summed E-state index contributed by atoms with van der Waals surface area (Å²) in [5.74, 6) is 8.25. The molecule has 4 rings (SSSR count). The Morgan fingerprint density at radius 1 is 0.600 bits per heavy atom. The molecule has 35 heavy (non-hydrogen) atoms. The van der Waals surface area contributed by atoms with Crippen LogP contribution in [0.3, 0.4) is 0 Å². The van der Waals surface area contributed by atoms with Gasteiger partial charge in [0, 0.05) is 16.7 Å². The fraction of sp³-hybridized carbons (Fsp3) is 0.0968. The molecule has 0 fully saturated rings. The van der Waals surface area contributed by atoms with Crippen molar-refractivity contribution >= 4 is 10.8 Å². The van der Waals surface area contributed by atoms with Crippen LogP contribution >= 0.6 is 0 Å². The van der Waals surface area contributed by atoms with Gasteiger partial charge in [0.15, 0.2) is 11.6 Å². The molecule has 0 radical (unpaired) electrons. The zero-order valence-electron chi connectivity index (χ0n) is 18.9. The number of rotatable bonds is 3. The normalized spacial score (nSPS) is 10.7. The van der Waals surface area contributed by atoms with E-state index < -0.39 is 23.3 Å². The van der Waals surface area contributed by atoms with Crippen LogP contribution in [0.4, 0.5) is 17.6 Å². The fourth-order valence-electron chi connectivity index (χ4n) is 3.54. The predicted octanol–water partition coefficient (Wildman–Crippen LogP) is 7.70. The molecule has 4 aromatic carbocycles. The first-order valence-electron chi connectivity index (χ1n) is 11.0. The number of halogens is 4. The van der Waals surface area contributed by atoms with E-state index in [0.717, 1.165) is 18.6 Å². The summed E-state index contributed by atoms with van der Waals surface area (Å²) in [6.45, 7) is 1.90. The largest absolute Gasteiger partial charge is 0.206 e. The maximum Gasteiger partial charge on any atom is 0.159 e. The summed E-state index contributed by atoms with van der Waals surface area (Å²) in [6.07, 6.45) is 5.12. The summed E-state index contributed by atoms with van der Waals surface area (Å²) in [6, 6.07) is 17.0. The summed E-state index contributed by atoms with van der Waals surface area (Å²) >= 11 is 0. The van der Waals surface area contributed by atoms with Gasteiger partial charge in [0.1, 0.15) is 11.6 Å². The van der Waals surface area contributed by atoms with Gasteiger partial charge in [-0.1, -0.05) is 41.9 Å². The summed E-state index contributed by atoms with van der Waals surface area (Å²) in [7, 11) is 0. The Hall–Kier alpha value is -4.28. The topological polar surface area (TPSA) is 0 Å². The smallest absolute Gasteiger partial charge is 0.159 e. The van der Waals surface area contributed by atoms with Gasteiger partial charge in [0.25, 0.3) is 0 Å². The Morgan fingerprint density at radius 2 is 1.14 bits per heavy atom. The highest BCUT2D eigenvalue weighted by molar-refractivity contribution is 5.84. The van der Waals surface area contributed by atoms with Gasteiger partial charge >= 0.3 is 0 Å². The average molecular weight is 468 g/mol. The van der Waals surface area contributed by atoms with Crippen LogP contribution in [-0.2, 0) is 6.42 Å². The van der Waals surface area contributed by atoms with Crippen molar-refractivity contribution in [2.24, 2.45) is 0 Å². The summed E-state index contributed by atoms with van der Waals surface area (Å²) in [4.78, 5) is 0. The molecule has 172 valence electrons. The van der Waals surface area contributed by atoms with Crippen molar-refractivity contribution in [1.82, 2.24) is 0 Å². The molecular weight excluding hydrogens is 448 g/mol. The van der Waals surface area contributed by atoms with Crippen LogP contribution in [0.1, 0.15) is 41.2 Å². The summed E-state index contributed by atoms with van der Waals surface area (Å²) in [5.41, 5.74) is 2.30. The lowest BCUT2D eigenvalue weighted by molar-refractivity contribution is 0.511. The van der Waals surface area contributed by atoms with Gasteiger partial charge < -0.3 is 0 Å². The summed E-state index contributed by atoms with van der Waals surface area (Å²) < 4.78 is 55.6. The van der Waals surface area contributed by atoms with Crippen molar-refractivity contribution < 1.29 is 17.6 Å². The lowest BCUT2D eigenvalue weighted by atomic mass is 10.0. The molecule has 0 unspecified atom stereocenters. The third-order valence-corrected chi connectivity index (χ3v) is 5.38. The van der Waals surface area contributed by atoms with Crippen molar-refractivity contribution in [3.05, 3.63) is 130 Å². The Kier molecular flexibility index (Phi) is 7.34. The highest BCUT2D eigenvalue weighted by atomic mass is 19.2. The molecular formula is C31H20F4. The van der Waals surface area contributed by atoms with Crippen LogP contribution < -0.4 is 0 Å². The van der Waals surface area contributed by atoms with E-state index in [4.69, 9.17) is 0 Å². The molecule has 0 aliphatic rings. The van der Waals surface area contributed by atoms with E-state index in [1.54, 1.807) is 42.5 Å². The summed E-state index contributed by atoms with van der Waals surface area (Å²) in [5, 5.41) is 1.15. The Morgan fingerprint density at radius 3 is 1.77 bits per heavy atom. The van der Waals surface area contributed by atoms with Gasteiger partial charge in [0.05, 0.1) is 5.56 Å². The third-order valence-electron chi connectivity index (χ3n) is 5.38. The van der Waals surface area contributed by atoms with E-state index in [1.807, 2.05) is 19.1 Å². The lowest BCUT2D eigenvalue weighted by Crippen LogP contribution is -1.95. The van der Waals surface area contributed by atoms with E-state index in [1.165, 1.54) is 12.1 Å². The molecule has 0 aliphatic heterocycles. The molecule has 0 spiro atoms. The first kappa shape index (κ1) is 23.9. The quantitative estimate of drug-likeness (QED) is 0.164. The number of fused-ring (bicyclic) bond motifs is 1. The van der Waals surface area contributed by atoms with Crippen LogP contribution in [-0.4, -0.2) is 0 Å². The van der Waals surface area contributed by atoms with Gasteiger partial charge in [-0.2, -0.15) is 0 Å². The molecule has 0 saturated heterocycles. The maximum absolute atomic E-state index is 14.4. The number of aryl methyl sites for hydroxylation is 1. The number of hydrogen-bond donors (Lipinski definition) is 0. The van der Waals surface area contributed by atoms with Crippen LogP contribution in [0.15, 0.2) is 78.9 Å². The minimum absolute atomic E-state index is 0.253. The van der Waals surface area contributed by atoms with Gasteiger partial charge in [-0.15, -0.1) is 0 Å². The predicted molar refractivity (Wildman–Crippen MR) is 132 cm³/mol. The average Bonchev–Trinajstić information content (AvgIpc) is 2.84. The molecule has 0 amide bonds. The first-order valence-corrected chi connectivity index (χ1v) is 11.0. The first-order chi connectivity index (χ1) is 16.9. The van der Waals surface area contributed by atoms with E-state index in [2.05, 4.69) is 23.7 Å². The molecule has 0 aromatic heterocycles. The Balaban J connectivity index is 1.49. The monoisotopic (exact) mass is 468 g/mol. The molecule has 0 atom stereocenters.